The number of nitrogens with one attached hydrogen (secondary N) is 1. The van der Waals surface area contributed by atoms with E-state index in [1.54, 1.807) is 25.1 Å². The maximum atomic E-state index is 12.1. The summed E-state index contributed by atoms with van der Waals surface area (Å²) < 4.78 is 0.830. The molecule has 4 nitrogen and oxygen atoms in total. The van der Waals surface area contributed by atoms with Gasteiger partial charge in [-0.2, -0.15) is 0 Å². The maximum Gasteiger partial charge on any atom is 0.346 e. The van der Waals surface area contributed by atoms with E-state index in [1.807, 2.05) is 13.0 Å². The number of amides is 1. The Bertz CT molecular complexity index is 673. The summed E-state index contributed by atoms with van der Waals surface area (Å²) in [5.74, 6) is -1.24. The van der Waals surface area contributed by atoms with Gasteiger partial charge in [0.25, 0.3) is 5.91 Å². The summed E-state index contributed by atoms with van der Waals surface area (Å²) in [6.07, 6.45) is 0. The Balaban J connectivity index is 2.23. The number of thiophene rings is 1. The molecule has 1 aromatic carbocycles. The van der Waals surface area contributed by atoms with Gasteiger partial charge in [-0.25, -0.2) is 4.79 Å². The molecule has 2 N–H and O–H groups in total. The zero-order valence-corrected chi connectivity index (χ0v) is 13.3. The van der Waals surface area contributed by atoms with Gasteiger partial charge in [-0.15, -0.1) is 11.3 Å². The quantitative estimate of drug-likeness (QED) is 0.873. The van der Waals surface area contributed by atoms with E-state index in [4.69, 9.17) is 5.11 Å². The SMILES string of the molecule is Cc1cc(Br)cc(C(=O)Nc2cc(C)c(C(=O)O)s2)c1. The number of benzene rings is 1. The largest absolute Gasteiger partial charge is 0.477 e. The van der Waals surface area contributed by atoms with Crippen molar-refractivity contribution in [3.05, 3.63) is 50.3 Å². The van der Waals surface area contributed by atoms with Crippen LogP contribution in [-0.2, 0) is 0 Å². The lowest BCUT2D eigenvalue weighted by Gasteiger charge is -2.04. The Morgan fingerprint density at radius 1 is 1.20 bits per heavy atom. The third-order valence-electron chi connectivity index (χ3n) is 2.65. The molecule has 0 fully saturated rings. The van der Waals surface area contributed by atoms with Gasteiger partial charge in [-0.05, 0) is 49.2 Å². The molecular formula is C14H12BrNO3S. The highest BCUT2D eigenvalue weighted by Gasteiger charge is 2.14. The first-order valence-electron chi connectivity index (χ1n) is 5.79. The van der Waals surface area contributed by atoms with Crippen molar-refractivity contribution in [2.24, 2.45) is 0 Å². The fourth-order valence-corrected chi connectivity index (χ4v) is 3.32. The van der Waals surface area contributed by atoms with E-state index in [0.717, 1.165) is 21.4 Å². The fraction of sp³-hybridized carbons (Fsp3) is 0.143. The predicted molar refractivity (Wildman–Crippen MR) is 82.8 cm³/mol. The second-order valence-corrected chi connectivity index (χ2v) is 6.37. The number of carboxylic acids is 1. The lowest BCUT2D eigenvalue weighted by Crippen LogP contribution is -2.11. The van der Waals surface area contributed by atoms with E-state index >= 15 is 0 Å². The monoisotopic (exact) mass is 353 g/mol. The Hall–Kier alpha value is -1.66. The average molecular weight is 354 g/mol. The standard InChI is InChI=1S/C14H12BrNO3S/c1-7-3-9(6-10(15)4-7)13(17)16-11-5-8(2)12(20-11)14(18)19/h3-6H,1-2H3,(H,16,17)(H,18,19). The molecule has 0 aliphatic heterocycles. The number of aromatic carboxylic acids is 1. The van der Waals surface area contributed by atoms with Crippen LogP contribution in [0.4, 0.5) is 5.00 Å². The van der Waals surface area contributed by atoms with Gasteiger partial charge in [0.2, 0.25) is 0 Å². The number of rotatable bonds is 3. The summed E-state index contributed by atoms with van der Waals surface area (Å²) in [6.45, 7) is 3.61. The molecule has 0 aliphatic carbocycles. The van der Waals surface area contributed by atoms with Crippen LogP contribution >= 0.6 is 27.3 Å². The van der Waals surface area contributed by atoms with Gasteiger partial charge >= 0.3 is 5.97 Å². The van der Waals surface area contributed by atoms with Crippen LogP contribution < -0.4 is 5.32 Å². The fourth-order valence-electron chi connectivity index (χ4n) is 1.81. The third-order valence-corrected chi connectivity index (χ3v) is 4.25. The van der Waals surface area contributed by atoms with Crippen LogP contribution in [0, 0.1) is 13.8 Å². The predicted octanol–water partition coefficient (Wildman–Crippen LogP) is 4.08. The normalized spacial score (nSPS) is 10.3. The highest BCUT2D eigenvalue weighted by atomic mass is 79.9. The van der Waals surface area contributed by atoms with E-state index in [1.165, 1.54) is 0 Å². The lowest BCUT2D eigenvalue weighted by molar-refractivity contribution is 0.0701. The minimum atomic E-state index is -0.980. The molecule has 0 saturated heterocycles. The molecule has 0 unspecified atom stereocenters. The summed E-state index contributed by atoms with van der Waals surface area (Å²) in [7, 11) is 0. The summed E-state index contributed by atoms with van der Waals surface area (Å²) in [6, 6.07) is 7.07. The molecule has 20 heavy (non-hydrogen) atoms. The molecule has 0 radical (unpaired) electrons. The van der Waals surface area contributed by atoms with Crippen molar-refractivity contribution in [3.8, 4) is 0 Å². The first kappa shape index (κ1) is 14.7. The molecule has 6 heteroatoms. The first-order valence-corrected chi connectivity index (χ1v) is 7.40. The Labute approximate surface area is 128 Å². The van der Waals surface area contributed by atoms with Crippen LogP contribution in [0.5, 0.6) is 0 Å². The number of hydrogen-bond acceptors (Lipinski definition) is 3. The van der Waals surface area contributed by atoms with Crippen molar-refractivity contribution < 1.29 is 14.7 Å². The second kappa shape index (κ2) is 5.76. The van der Waals surface area contributed by atoms with Crippen LogP contribution in [0.15, 0.2) is 28.7 Å². The number of carboxylic acid groups (broad SMARTS) is 1. The highest BCUT2D eigenvalue weighted by molar-refractivity contribution is 9.10. The second-order valence-electron chi connectivity index (χ2n) is 4.40. The number of anilines is 1. The van der Waals surface area contributed by atoms with Gasteiger partial charge < -0.3 is 10.4 Å². The van der Waals surface area contributed by atoms with Gasteiger partial charge in [-0.3, -0.25) is 4.79 Å². The molecular weight excluding hydrogens is 342 g/mol. The Morgan fingerprint density at radius 2 is 1.90 bits per heavy atom. The molecule has 0 bridgehead atoms. The molecule has 0 aliphatic rings. The minimum Gasteiger partial charge on any atom is -0.477 e. The van der Waals surface area contributed by atoms with Crippen molar-refractivity contribution in [2.75, 3.05) is 5.32 Å². The number of carbonyl (C=O) groups is 2. The number of hydrogen-bond donors (Lipinski definition) is 2. The van der Waals surface area contributed by atoms with Crippen LogP contribution in [0.3, 0.4) is 0 Å². The molecule has 104 valence electrons. The van der Waals surface area contributed by atoms with Gasteiger partial charge in [0.15, 0.2) is 0 Å². The average Bonchev–Trinajstić information content (AvgIpc) is 2.69. The summed E-state index contributed by atoms with van der Waals surface area (Å²) in [5.41, 5.74) is 2.14. The lowest BCUT2D eigenvalue weighted by atomic mass is 10.1. The van der Waals surface area contributed by atoms with Crippen LogP contribution in [0.25, 0.3) is 0 Å². The third kappa shape index (κ3) is 3.26. The number of aryl methyl sites for hydroxylation is 2. The summed E-state index contributed by atoms with van der Waals surface area (Å²) in [4.78, 5) is 23.3. The Morgan fingerprint density at radius 3 is 2.45 bits per heavy atom. The molecule has 0 atom stereocenters. The van der Waals surface area contributed by atoms with Gasteiger partial charge in [-0.1, -0.05) is 15.9 Å². The zero-order valence-electron chi connectivity index (χ0n) is 10.9. The smallest absolute Gasteiger partial charge is 0.346 e. The first-order chi connectivity index (χ1) is 9.36. The van der Waals surface area contributed by atoms with Gasteiger partial charge in [0.1, 0.15) is 4.88 Å². The van der Waals surface area contributed by atoms with E-state index in [0.29, 0.717) is 16.1 Å². The van der Waals surface area contributed by atoms with Crippen molar-refractivity contribution in [1.29, 1.82) is 0 Å². The molecule has 1 aromatic heterocycles. The summed E-state index contributed by atoms with van der Waals surface area (Å²) >= 11 is 4.40. The van der Waals surface area contributed by atoms with Crippen LogP contribution in [-0.4, -0.2) is 17.0 Å². The van der Waals surface area contributed by atoms with E-state index < -0.39 is 5.97 Å². The van der Waals surface area contributed by atoms with Gasteiger partial charge in [0, 0.05) is 10.0 Å². The van der Waals surface area contributed by atoms with Crippen molar-refractivity contribution >= 4 is 44.1 Å². The summed E-state index contributed by atoms with van der Waals surface area (Å²) in [5, 5.41) is 12.2. The van der Waals surface area contributed by atoms with E-state index in [2.05, 4.69) is 21.2 Å². The van der Waals surface area contributed by atoms with Crippen molar-refractivity contribution in [2.45, 2.75) is 13.8 Å². The molecule has 0 spiro atoms. The van der Waals surface area contributed by atoms with E-state index in [-0.39, 0.29) is 10.8 Å². The number of halogens is 1. The molecule has 1 heterocycles. The molecule has 2 rings (SSSR count). The molecule has 0 saturated carbocycles. The van der Waals surface area contributed by atoms with Crippen molar-refractivity contribution in [1.82, 2.24) is 0 Å². The van der Waals surface area contributed by atoms with E-state index in [9.17, 15) is 9.59 Å². The van der Waals surface area contributed by atoms with Crippen molar-refractivity contribution in [3.63, 3.8) is 0 Å². The van der Waals surface area contributed by atoms with Crippen LogP contribution in [0.1, 0.15) is 31.2 Å². The molecule has 2 aromatic rings. The minimum absolute atomic E-state index is 0.241. The molecule has 1 amide bonds. The topological polar surface area (TPSA) is 66.4 Å². The highest BCUT2D eigenvalue weighted by Crippen LogP contribution is 2.27. The van der Waals surface area contributed by atoms with Gasteiger partial charge in [0.05, 0.1) is 5.00 Å². The Kier molecular flexibility index (Phi) is 4.25. The maximum absolute atomic E-state index is 12.1. The number of carbonyl (C=O) groups excluding carboxylic acids is 1. The van der Waals surface area contributed by atoms with Crippen LogP contribution in [0.2, 0.25) is 0 Å². The zero-order chi connectivity index (χ0) is 14.9.